The van der Waals surface area contributed by atoms with Gasteiger partial charge in [0.1, 0.15) is 0 Å². The lowest BCUT2D eigenvalue weighted by atomic mass is 10.1. The molecular weight excluding hydrogens is 322 g/mol. The monoisotopic (exact) mass is 337 g/mol. The summed E-state index contributed by atoms with van der Waals surface area (Å²) < 4.78 is 1.62. The van der Waals surface area contributed by atoms with Crippen LogP contribution in [0.3, 0.4) is 0 Å². The van der Waals surface area contributed by atoms with E-state index in [1.54, 1.807) is 16.8 Å². The molecule has 3 rings (SSSR count). The molecule has 0 saturated carbocycles. The molecule has 0 spiro atoms. The van der Waals surface area contributed by atoms with Gasteiger partial charge in [-0.2, -0.15) is 4.68 Å². The van der Waals surface area contributed by atoms with Crippen molar-refractivity contribution in [2.45, 2.75) is 24.4 Å². The van der Waals surface area contributed by atoms with Gasteiger partial charge in [0.2, 0.25) is 11.1 Å². The van der Waals surface area contributed by atoms with Crippen LogP contribution in [-0.4, -0.2) is 49.9 Å². The lowest BCUT2D eigenvalue weighted by molar-refractivity contribution is -0.129. The van der Waals surface area contributed by atoms with Gasteiger partial charge in [0.15, 0.2) is 0 Å². The Hall–Kier alpha value is -1.60. The third kappa shape index (κ3) is 3.59. The minimum Gasteiger partial charge on any atom is -0.342 e. The highest BCUT2D eigenvalue weighted by molar-refractivity contribution is 7.99. The first kappa shape index (κ1) is 15.3. The molecule has 0 bridgehead atoms. The molecule has 0 N–H and O–H groups in total. The van der Waals surface area contributed by atoms with Gasteiger partial charge in [0.05, 0.1) is 11.4 Å². The Morgan fingerprint density at radius 3 is 2.64 bits per heavy atom. The molecule has 1 aliphatic rings. The molecule has 2 aromatic rings. The van der Waals surface area contributed by atoms with Crippen molar-refractivity contribution < 1.29 is 4.79 Å². The zero-order chi connectivity index (χ0) is 15.4. The van der Waals surface area contributed by atoms with Gasteiger partial charge in [0, 0.05) is 18.1 Å². The lowest BCUT2D eigenvalue weighted by Crippen LogP contribution is -2.36. The van der Waals surface area contributed by atoms with Crippen LogP contribution in [0.5, 0.6) is 0 Å². The fourth-order valence-electron chi connectivity index (χ4n) is 2.37. The molecule has 1 amide bonds. The van der Waals surface area contributed by atoms with Gasteiger partial charge in [-0.05, 0) is 54.0 Å². The number of hydrogen-bond acceptors (Lipinski definition) is 5. The van der Waals surface area contributed by atoms with Crippen LogP contribution in [-0.2, 0) is 4.79 Å². The van der Waals surface area contributed by atoms with E-state index in [9.17, 15) is 4.79 Å². The Kier molecular flexibility index (Phi) is 4.94. The molecule has 1 aromatic heterocycles. The van der Waals surface area contributed by atoms with E-state index in [2.05, 4.69) is 15.5 Å². The molecular formula is C14H16ClN5OS. The topological polar surface area (TPSA) is 63.9 Å². The highest BCUT2D eigenvalue weighted by Gasteiger charge is 2.18. The number of hydrogen-bond donors (Lipinski definition) is 0. The van der Waals surface area contributed by atoms with Crippen LogP contribution < -0.4 is 0 Å². The van der Waals surface area contributed by atoms with E-state index < -0.39 is 0 Å². The van der Waals surface area contributed by atoms with Gasteiger partial charge in [-0.15, -0.1) is 5.10 Å². The number of nitrogens with zero attached hydrogens (tertiary/aromatic N) is 5. The predicted molar refractivity (Wildman–Crippen MR) is 85.3 cm³/mol. The number of amides is 1. The molecule has 6 nitrogen and oxygen atoms in total. The van der Waals surface area contributed by atoms with Gasteiger partial charge >= 0.3 is 0 Å². The maximum atomic E-state index is 12.2. The second-order valence-electron chi connectivity index (χ2n) is 5.08. The molecule has 8 heteroatoms. The average molecular weight is 338 g/mol. The zero-order valence-electron chi connectivity index (χ0n) is 12.0. The summed E-state index contributed by atoms with van der Waals surface area (Å²) in [6, 6.07) is 7.25. The fraction of sp³-hybridized carbons (Fsp3) is 0.429. The number of benzene rings is 1. The van der Waals surface area contributed by atoms with Crippen LogP contribution in [0, 0.1) is 0 Å². The Bertz CT molecular complexity index is 639. The molecule has 1 saturated heterocycles. The van der Waals surface area contributed by atoms with Gasteiger partial charge in [-0.1, -0.05) is 23.4 Å². The number of tetrazole rings is 1. The number of halogens is 1. The van der Waals surface area contributed by atoms with Crippen molar-refractivity contribution in [1.29, 1.82) is 0 Å². The molecule has 22 heavy (non-hydrogen) atoms. The number of piperidine rings is 1. The minimum absolute atomic E-state index is 0.148. The van der Waals surface area contributed by atoms with Crippen molar-refractivity contribution >= 4 is 29.3 Å². The standard InChI is InChI=1S/C14H16ClN5OS/c15-11-4-6-12(7-5-11)20-14(16-17-18-20)22-10-13(21)19-8-2-1-3-9-19/h4-7H,1-3,8-10H2. The molecule has 1 aromatic carbocycles. The number of carbonyl (C=O) groups excluding carboxylic acids is 1. The Morgan fingerprint density at radius 2 is 1.91 bits per heavy atom. The van der Waals surface area contributed by atoms with Crippen molar-refractivity contribution in [2.24, 2.45) is 0 Å². The van der Waals surface area contributed by atoms with Gasteiger partial charge in [-0.3, -0.25) is 4.79 Å². The van der Waals surface area contributed by atoms with Gasteiger partial charge < -0.3 is 4.90 Å². The Labute approximate surface area is 137 Å². The van der Waals surface area contributed by atoms with Crippen molar-refractivity contribution in [2.75, 3.05) is 18.8 Å². The van der Waals surface area contributed by atoms with E-state index in [4.69, 9.17) is 11.6 Å². The summed E-state index contributed by atoms with van der Waals surface area (Å²) in [4.78, 5) is 14.1. The predicted octanol–water partition coefficient (Wildman–Crippen LogP) is 2.42. The largest absolute Gasteiger partial charge is 0.342 e. The first-order valence-corrected chi connectivity index (χ1v) is 8.55. The van der Waals surface area contributed by atoms with Crippen molar-refractivity contribution in [3.8, 4) is 5.69 Å². The maximum Gasteiger partial charge on any atom is 0.233 e. The molecule has 2 heterocycles. The van der Waals surface area contributed by atoms with Crippen LogP contribution in [0.4, 0.5) is 0 Å². The number of likely N-dealkylation sites (tertiary alicyclic amines) is 1. The van der Waals surface area contributed by atoms with Crippen molar-refractivity contribution in [3.05, 3.63) is 29.3 Å². The molecule has 0 aliphatic carbocycles. The summed E-state index contributed by atoms with van der Waals surface area (Å²) in [6.45, 7) is 1.73. The summed E-state index contributed by atoms with van der Waals surface area (Å²) in [5.41, 5.74) is 0.822. The summed E-state index contributed by atoms with van der Waals surface area (Å²) in [5.74, 6) is 0.504. The van der Waals surface area contributed by atoms with E-state index in [1.807, 2.05) is 17.0 Å². The highest BCUT2D eigenvalue weighted by Crippen LogP contribution is 2.20. The van der Waals surface area contributed by atoms with Crippen molar-refractivity contribution in [1.82, 2.24) is 25.1 Å². The summed E-state index contributed by atoms with van der Waals surface area (Å²) >= 11 is 7.24. The van der Waals surface area contributed by atoms with E-state index in [0.717, 1.165) is 31.6 Å². The average Bonchev–Trinajstić information content (AvgIpc) is 3.02. The number of aromatic nitrogens is 4. The van der Waals surface area contributed by atoms with Crippen LogP contribution in [0.15, 0.2) is 29.4 Å². The normalized spacial score (nSPS) is 15.0. The number of carbonyl (C=O) groups is 1. The Morgan fingerprint density at radius 1 is 1.18 bits per heavy atom. The molecule has 1 fully saturated rings. The van der Waals surface area contributed by atoms with Gasteiger partial charge in [-0.25, -0.2) is 0 Å². The summed E-state index contributed by atoms with van der Waals surface area (Å²) in [6.07, 6.45) is 3.41. The minimum atomic E-state index is 0.148. The second kappa shape index (κ2) is 7.11. The smallest absolute Gasteiger partial charge is 0.233 e. The highest BCUT2D eigenvalue weighted by atomic mass is 35.5. The SMILES string of the molecule is O=C(CSc1nnnn1-c1ccc(Cl)cc1)N1CCCCC1. The molecule has 0 radical (unpaired) electrons. The van der Waals surface area contributed by atoms with Crippen molar-refractivity contribution in [3.63, 3.8) is 0 Å². The fourth-order valence-corrected chi connectivity index (χ4v) is 3.29. The number of rotatable bonds is 4. The zero-order valence-corrected chi connectivity index (χ0v) is 13.6. The number of thioether (sulfide) groups is 1. The third-order valence-corrected chi connectivity index (χ3v) is 4.70. The quantitative estimate of drug-likeness (QED) is 0.802. The summed E-state index contributed by atoms with van der Waals surface area (Å²) in [5, 5.41) is 12.9. The van der Waals surface area contributed by atoms with Crippen LogP contribution >= 0.6 is 23.4 Å². The van der Waals surface area contributed by atoms with E-state index in [1.165, 1.54) is 18.2 Å². The molecule has 0 unspecified atom stereocenters. The molecule has 116 valence electrons. The van der Waals surface area contributed by atoms with E-state index in [0.29, 0.717) is 15.9 Å². The second-order valence-corrected chi connectivity index (χ2v) is 6.46. The molecule has 1 aliphatic heterocycles. The molecule has 0 atom stereocenters. The van der Waals surface area contributed by atoms with E-state index >= 15 is 0 Å². The maximum absolute atomic E-state index is 12.2. The van der Waals surface area contributed by atoms with Crippen LogP contribution in [0.2, 0.25) is 5.02 Å². The van der Waals surface area contributed by atoms with E-state index in [-0.39, 0.29) is 5.91 Å². The summed E-state index contributed by atoms with van der Waals surface area (Å²) in [7, 11) is 0. The third-order valence-electron chi connectivity index (χ3n) is 3.55. The lowest BCUT2D eigenvalue weighted by Gasteiger charge is -2.26. The first-order chi connectivity index (χ1) is 10.7. The van der Waals surface area contributed by atoms with Gasteiger partial charge in [0.25, 0.3) is 0 Å². The Balaban J connectivity index is 1.65. The van der Waals surface area contributed by atoms with Crippen LogP contribution in [0.25, 0.3) is 5.69 Å². The first-order valence-electron chi connectivity index (χ1n) is 7.19. The van der Waals surface area contributed by atoms with Crippen LogP contribution in [0.1, 0.15) is 19.3 Å².